The molecule has 2 N–H and O–H groups in total. The van der Waals surface area contributed by atoms with E-state index in [1.807, 2.05) is 33.8 Å². The van der Waals surface area contributed by atoms with Gasteiger partial charge in [0.1, 0.15) is 0 Å². The molecule has 0 aromatic heterocycles. The molecule has 1 atom stereocenters. The first kappa shape index (κ1) is 14.5. The van der Waals surface area contributed by atoms with Gasteiger partial charge in [0.25, 0.3) is 0 Å². The Hall–Kier alpha value is -0.870. The average Bonchev–Trinajstić information content (AvgIpc) is 2.45. The lowest BCUT2D eigenvalue weighted by Crippen LogP contribution is -2.34. The maximum absolute atomic E-state index is 12.7. The van der Waals surface area contributed by atoms with Crippen LogP contribution in [0, 0.1) is 5.92 Å². The molecule has 1 aliphatic heterocycles. The third-order valence-electron chi connectivity index (χ3n) is 3.67. The van der Waals surface area contributed by atoms with Crippen LogP contribution in [0.2, 0.25) is 0 Å². The number of benzene rings is 1. The van der Waals surface area contributed by atoms with Crippen molar-refractivity contribution < 1.29 is 9.53 Å². The molecular formula is C15H20BrNO2. The van der Waals surface area contributed by atoms with Crippen molar-refractivity contribution in [1.29, 1.82) is 0 Å². The standard InChI is InChI=1S/C15H20BrNO2/c1-14(2)8-11(15(3,4)19-14)13(18)10-6-5-9(16)7-12(10)17/h5-7,11H,8,17H2,1-4H3. The van der Waals surface area contributed by atoms with Gasteiger partial charge in [0, 0.05) is 15.7 Å². The van der Waals surface area contributed by atoms with Gasteiger partial charge >= 0.3 is 0 Å². The second-order valence-electron chi connectivity index (χ2n) is 6.32. The van der Waals surface area contributed by atoms with E-state index in [2.05, 4.69) is 15.9 Å². The predicted molar refractivity (Wildman–Crippen MR) is 80.2 cm³/mol. The summed E-state index contributed by atoms with van der Waals surface area (Å²) in [5, 5.41) is 0. The summed E-state index contributed by atoms with van der Waals surface area (Å²) in [4.78, 5) is 12.7. The van der Waals surface area contributed by atoms with Gasteiger partial charge in [-0.3, -0.25) is 4.79 Å². The van der Waals surface area contributed by atoms with Crippen LogP contribution >= 0.6 is 15.9 Å². The van der Waals surface area contributed by atoms with Gasteiger partial charge in [0.05, 0.1) is 17.1 Å². The second-order valence-corrected chi connectivity index (χ2v) is 7.23. The zero-order chi connectivity index (χ0) is 14.4. The van der Waals surface area contributed by atoms with Gasteiger partial charge in [-0.2, -0.15) is 0 Å². The number of anilines is 1. The Bertz CT molecular complexity index is 523. The Morgan fingerprint density at radius 2 is 2.00 bits per heavy atom. The number of nitrogen functional groups attached to an aromatic ring is 1. The molecule has 1 saturated heterocycles. The quantitative estimate of drug-likeness (QED) is 0.664. The second kappa shape index (κ2) is 4.60. The maximum atomic E-state index is 12.7. The number of Topliss-reactive ketones (excluding diaryl/α,β-unsaturated/α-hetero) is 1. The minimum absolute atomic E-state index is 0.0700. The lowest BCUT2D eigenvalue weighted by atomic mass is 9.81. The summed E-state index contributed by atoms with van der Waals surface area (Å²) in [5.74, 6) is -0.0912. The number of nitrogens with two attached hydrogens (primary N) is 1. The fraction of sp³-hybridized carbons (Fsp3) is 0.533. The molecule has 1 fully saturated rings. The first-order chi connectivity index (χ1) is 8.62. The van der Waals surface area contributed by atoms with Crippen molar-refractivity contribution in [3.8, 4) is 0 Å². The summed E-state index contributed by atoms with van der Waals surface area (Å²) in [6.45, 7) is 7.98. The first-order valence-electron chi connectivity index (χ1n) is 6.42. The Kier molecular flexibility index (Phi) is 3.52. The number of halogens is 1. The molecule has 4 heteroatoms. The molecule has 19 heavy (non-hydrogen) atoms. The molecule has 0 amide bonds. The number of carbonyl (C=O) groups is 1. The topological polar surface area (TPSA) is 52.3 Å². The minimum atomic E-state index is -0.458. The lowest BCUT2D eigenvalue weighted by Gasteiger charge is -2.26. The van der Waals surface area contributed by atoms with Gasteiger partial charge in [-0.15, -0.1) is 0 Å². The van der Waals surface area contributed by atoms with Crippen LogP contribution in [-0.4, -0.2) is 17.0 Å². The lowest BCUT2D eigenvalue weighted by molar-refractivity contribution is -0.0712. The minimum Gasteiger partial charge on any atom is -0.398 e. The van der Waals surface area contributed by atoms with E-state index < -0.39 is 5.60 Å². The summed E-state index contributed by atoms with van der Waals surface area (Å²) in [7, 11) is 0. The van der Waals surface area contributed by atoms with Gasteiger partial charge in [0.15, 0.2) is 5.78 Å². The van der Waals surface area contributed by atoms with Crippen LogP contribution in [0.4, 0.5) is 5.69 Å². The summed E-state index contributed by atoms with van der Waals surface area (Å²) in [6.07, 6.45) is 0.717. The van der Waals surface area contributed by atoms with Crippen molar-refractivity contribution in [1.82, 2.24) is 0 Å². The SMILES string of the molecule is CC1(C)CC(C(=O)c2ccc(Br)cc2N)C(C)(C)O1. The molecule has 1 unspecified atom stereocenters. The van der Waals surface area contributed by atoms with E-state index in [1.54, 1.807) is 12.1 Å². The molecule has 0 saturated carbocycles. The molecule has 0 spiro atoms. The Morgan fingerprint density at radius 3 is 2.47 bits per heavy atom. The van der Waals surface area contributed by atoms with Gasteiger partial charge in [0.2, 0.25) is 0 Å². The summed E-state index contributed by atoms with van der Waals surface area (Å²) in [6, 6.07) is 5.39. The maximum Gasteiger partial charge on any atom is 0.170 e. The highest BCUT2D eigenvalue weighted by Gasteiger charge is 2.49. The molecule has 0 aliphatic carbocycles. The van der Waals surface area contributed by atoms with Crippen molar-refractivity contribution in [3.63, 3.8) is 0 Å². The van der Waals surface area contributed by atoms with E-state index in [0.717, 1.165) is 4.47 Å². The predicted octanol–water partition coefficient (Wildman–Crippen LogP) is 3.81. The van der Waals surface area contributed by atoms with Crippen LogP contribution in [-0.2, 0) is 4.74 Å². The molecule has 3 nitrogen and oxygen atoms in total. The van der Waals surface area contributed by atoms with Crippen molar-refractivity contribution in [3.05, 3.63) is 28.2 Å². The molecule has 2 rings (SSSR count). The Labute approximate surface area is 122 Å². The smallest absolute Gasteiger partial charge is 0.170 e. The monoisotopic (exact) mass is 325 g/mol. The molecular weight excluding hydrogens is 306 g/mol. The van der Waals surface area contributed by atoms with Crippen LogP contribution in [0.5, 0.6) is 0 Å². The van der Waals surface area contributed by atoms with Gasteiger partial charge in [-0.1, -0.05) is 15.9 Å². The molecule has 1 aliphatic rings. The summed E-state index contributed by atoms with van der Waals surface area (Å²) < 4.78 is 6.86. The molecule has 0 bridgehead atoms. The number of rotatable bonds is 2. The van der Waals surface area contributed by atoms with Crippen LogP contribution in [0.1, 0.15) is 44.5 Å². The third-order valence-corrected chi connectivity index (χ3v) is 4.16. The van der Waals surface area contributed by atoms with Gasteiger partial charge in [-0.05, 0) is 52.3 Å². The first-order valence-corrected chi connectivity index (χ1v) is 7.21. The molecule has 0 radical (unpaired) electrons. The Morgan fingerprint density at radius 1 is 1.37 bits per heavy atom. The third kappa shape index (κ3) is 2.84. The summed E-state index contributed by atoms with van der Waals surface area (Å²) >= 11 is 3.35. The van der Waals surface area contributed by atoms with E-state index in [4.69, 9.17) is 10.5 Å². The zero-order valence-corrected chi connectivity index (χ0v) is 13.4. The average molecular weight is 326 g/mol. The van der Waals surface area contributed by atoms with E-state index in [-0.39, 0.29) is 17.3 Å². The normalized spacial score (nSPS) is 24.4. The van der Waals surface area contributed by atoms with Crippen LogP contribution in [0.15, 0.2) is 22.7 Å². The van der Waals surface area contributed by atoms with Crippen molar-refractivity contribution in [2.45, 2.75) is 45.3 Å². The molecule has 1 aromatic carbocycles. The van der Waals surface area contributed by atoms with Crippen LogP contribution in [0.3, 0.4) is 0 Å². The van der Waals surface area contributed by atoms with Crippen LogP contribution in [0.25, 0.3) is 0 Å². The largest absolute Gasteiger partial charge is 0.398 e. The van der Waals surface area contributed by atoms with E-state index in [9.17, 15) is 4.79 Å². The van der Waals surface area contributed by atoms with Crippen molar-refractivity contribution in [2.24, 2.45) is 5.92 Å². The highest BCUT2D eigenvalue weighted by atomic mass is 79.9. The fourth-order valence-corrected chi connectivity index (χ4v) is 3.30. The number of hydrogen-bond acceptors (Lipinski definition) is 3. The molecule has 1 heterocycles. The number of ether oxygens (including phenoxy) is 1. The highest BCUT2D eigenvalue weighted by molar-refractivity contribution is 9.10. The van der Waals surface area contributed by atoms with Crippen molar-refractivity contribution >= 4 is 27.4 Å². The Balaban J connectivity index is 2.34. The van der Waals surface area contributed by atoms with Crippen molar-refractivity contribution in [2.75, 3.05) is 5.73 Å². The number of ketones is 1. The van der Waals surface area contributed by atoms with Gasteiger partial charge < -0.3 is 10.5 Å². The highest BCUT2D eigenvalue weighted by Crippen LogP contribution is 2.43. The van der Waals surface area contributed by atoms with E-state index in [1.165, 1.54) is 0 Å². The van der Waals surface area contributed by atoms with E-state index >= 15 is 0 Å². The number of hydrogen-bond donors (Lipinski definition) is 1. The fourth-order valence-electron chi connectivity index (χ4n) is 2.92. The van der Waals surface area contributed by atoms with E-state index in [0.29, 0.717) is 17.7 Å². The molecule has 104 valence electrons. The summed E-state index contributed by atoms with van der Waals surface area (Å²) in [5.41, 5.74) is 6.33. The number of carbonyl (C=O) groups excluding carboxylic acids is 1. The molecule has 1 aromatic rings. The van der Waals surface area contributed by atoms with Gasteiger partial charge in [-0.25, -0.2) is 0 Å². The van der Waals surface area contributed by atoms with Crippen LogP contribution < -0.4 is 5.73 Å². The zero-order valence-electron chi connectivity index (χ0n) is 11.8.